The lowest BCUT2D eigenvalue weighted by Gasteiger charge is -2.05. The third kappa shape index (κ3) is 2.69. The van der Waals surface area contributed by atoms with Gasteiger partial charge in [0, 0.05) is 0 Å². The lowest BCUT2D eigenvalue weighted by molar-refractivity contribution is 0.0606. The van der Waals surface area contributed by atoms with Gasteiger partial charge < -0.3 is 9.47 Å². The zero-order valence-corrected chi connectivity index (χ0v) is 11.6. The Morgan fingerprint density at radius 1 is 1.42 bits per heavy atom. The maximum atomic E-state index is 13.3. The quantitative estimate of drug-likeness (QED) is 0.815. The molecule has 0 atom stereocenters. The summed E-state index contributed by atoms with van der Waals surface area (Å²) >= 11 is 6.89. The lowest BCUT2D eigenvalue weighted by atomic mass is 10.2. The van der Waals surface area contributed by atoms with E-state index in [1.165, 1.54) is 32.4 Å². The van der Waals surface area contributed by atoms with E-state index in [0.29, 0.717) is 16.3 Å². The van der Waals surface area contributed by atoms with Crippen molar-refractivity contribution >= 4 is 28.9 Å². The van der Waals surface area contributed by atoms with Gasteiger partial charge in [-0.25, -0.2) is 14.2 Å². The number of hydrogen-bond acceptors (Lipinski definition) is 5. The SMILES string of the molecule is COC(=O)c1sc(-c2cc(F)ccc2OC)nc1Cl. The molecule has 1 aromatic carbocycles. The number of carbonyl (C=O) groups is 1. The van der Waals surface area contributed by atoms with Gasteiger partial charge in [-0.15, -0.1) is 11.3 Å². The molecule has 0 unspecified atom stereocenters. The fourth-order valence-electron chi connectivity index (χ4n) is 1.48. The van der Waals surface area contributed by atoms with Crippen LogP contribution in [0, 0.1) is 5.82 Å². The summed E-state index contributed by atoms with van der Waals surface area (Å²) in [6.07, 6.45) is 0. The molecule has 4 nitrogen and oxygen atoms in total. The van der Waals surface area contributed by atoms with Crippen LogP contribution in [0.2, 0.25) is 5.15 Å². The molecule has 0 spiro atoms. The van der Waals surface area contributed by atoms with E-state index in [-0.39, 0.29) is 10.0 Å². The summed E-state index contributed by atoms with van der Waals surface area (Å²) in [6.45, 7) is 0. The van der Waals surface area contributed by atoms with Crippen LogP contribution in [0.4, 0.5) is 4.39 Å². The molecule has 0 aliphatic carbocycles. The van der Waals surface area contributed by atoms with Crippen molar-refractivity contribution in [3.05, 3.63) is 34.0 Å². The van der Waals surface area contributed by atoms with E-state index in [4.69, 9.17) is 16.3 Å². The summed E-state index contributed by atoms with van der Waals surface area (Å²) in [4.78, 5) is 15.7. The molecule has 2 rings (SSSR count). The Kier molecular flexibility index (Phi) is 4.01. The molecular weight excluding hydrogens is 293 g/mol. The monoisotopic (exact) mass is 301 g/mol. The van der Waals surface area contributed by atoms with Crippen LogP contribution in [-0.2, 0) is 4.74 Å². The van der Waals surface area contributed by atoms with Crippen LogP contribution in [0.25, 0.3) is 10.6 Å². The van der Waals surface area contributed by atoms with Gasteiger partial charge in [-0.1, -0.05) is 11.6 Å². The molecule has 2 aromatic rings. The highest BCUT2D eigenvalue weighted by Crippen LogP contribution is 2.36. The number of benzene rings is 1. The molecule has 0 aliphatic heterocycles. The van der Waals surface area contributed by atoms with Gasteiger partial charge in [0.1, 0.15) is 16.6 Å². The van der Waals surface area contributed by atoms with E-state index in [1.54, 1.807) is 0 Å². The molecule has 1 aromatic heterocycles. The van der Waals surface area contributed by atoms with E-state index in [2.05, 4.69) is 9.72 Å². The van der Waals surface area contributed by atoms with Crippen LogP contribution >= 0.6 is 22.9 Å². The number of aromatic nitrogens is 1. The van der Waals surface area contributed by atoms with Gasteiger partial charge in [-0.05, 0) is 18.2 Å². The van der Waals surface area contributed by atoms with E-state index >= 15 is 0 Å². The van der Waals surface area contributed by atoms with Crippen LogP contribution in [0.5, 0.6) is 5.75 Å². The third-order valence-electron chi connectivity index (χ3n) is 2.35. The van der Waals surface area contributed by atoms with Crippen molar-refractivity contribution in [1.82, 2.24) is 4.98 Å². The zero-order valence-electron chi connectivity index (χ0n) is 10.1. The van der Waals surface area contributed by atoms with E-state index in [9.17, 15) is 9.18 Å². The Labute approximate surface area is 117 Å². The number of halogens is 2. The molecular formula is C12H9ClFNO3S. The molecule has 0 aliphatic rings. The minimum atomic E-state index is -0.580. The van der Waals surface area contributed by atoms with E-state index in [1.807, 2.05) is 0 Å². The highest BCUT2D eigenvalue weighted by atomic mass is 35.5. The van der Waals surface area contributed by atoms with E-state index < -0.39 is 11.8 Å². The first-order valence-corrected chi connectivity index (χ1v) is 6.34. The van der Waals surface area contributed by atoms with Crippen molar-refractivity contribution in [2.75, 3.05) is 14.2 Å². The molecule has 0 saturated heterocycles. The minimum Gasteiger partial charge on any atom is -0.496 e. The second-order valence-electron chi connectivity index (χ2n) is 3.48. The normalized spacial score (nSPS) is 10.3. The first-order valence-electron chi connectivity index (χ1n) is 5.15. The molecule has 19 heavy (non-hydrogen) atoms. The van der Waals surface area contributed by atoms with Gasteiger partial charge >= 0.3 is 5.97 Å². The highest BCUT2D eigenvalue weighted by Gasteiger charge is 2.20. The predicted molar refractivity (Wildman–Crippen MR) is 70.4 cm³/mol. The summed E-state index contributed by atoms with van der Waals surface area (Å²) in [5.41, 5.74) is 0.435. The van der Waals surface area contributed by atoms with E-state index in [0.717, 1.165) is 11.3 Å². The lowest BCUT2D eigenvalue weighted by Crippen LogP contribution is -1.98. The van der Waals surface area contributed by atoms with Gasteiger partial charge in [-0.3, -0.25) is 0 Å². The van der Waals surface area contributed by atoms with Crippen molar-refractivity contribution in [2.24, 2.45) is 0 Å². The number of hydrogen-bond donors (Lipinski definition) is 0. The molecule has 0 bridgehead atoms. The largest absolute Gasteiger partial charge is 0.496 e. The average molecular weight is 302 g/mol. The fraction of sp³-hybridized carbons (Fsp3) is 0.167. The number of thiazole rings is 1. The average Bonchev–Trinajstić information content (AvgIpc) is 2.79. The minimum absolute atomic E-state index is 0.0261. The Balaban J connectivity index is 2.53. The van der Waals surface area contributed by atoms with Crippen molar-refractivity contribution in [3.8, 4) is 16.3 Å². The number of nitrogens with zero attached hydrogens (tertiary/aromatic N) is 1. The van der Waals surface area contributed by atoms with Crippen molar-refractivity contribution in [2.45, 2.75) is 0 Å². The summed E-state index contributed by atoms with van der Waals surface area (Å²) < 4.78 is 23.0. The van der Waals surface area contributed by atoms with Gasteiger partial charge in [0.05, 0.1) is 19.8 Å². The number of esters is 1. The molecule has 0 radical (unpaired) electrons. The Morgan fingerprint density at radius 3 is 2.79 bits per heavy atom. The van der Waals surface area contributed by atoms with Gasteiger partial charge in [0.2, 0.25) is 0 Å². The maximum absolute atomic E-state index is 13.3. The smallest absolute Gasteiger partial charge is 0.351 e. The predicted octanol–water partition coefficient (Wildman–Crippen LogP) is 3.40. The Bertz CT molecular complexity index is 629. The fourth-order valence-corrected chi connectivity index (χ4v) is 2.71. The van der Waals surface area contributed by atoms with Crippen molar-refractivity contribution < 1.29 is 18.7 Å². The van der Waals surface area contributed by atoms with Gasteiger partial charge in [0.15, 0.2) is 10.0 Å². The first kappa shape index (κ1) is 13.8. The van der Waals surface area contributed by atoms with Gasteiger partial charge in [0.25, 0.3) is 0 Å². The van der Waals surface area contributed by atoms with Crippen LogP contribution in [0.15, 0.2) is 18.2 Å². The molecule has 1 heterocycles. The second kappa shape index (κ2) is 5.54. The zero-order chi connectivity index (χ0) is 14.0. The van der Waals surface area contributed by atoms with Crippen LogP contribution < -0.4 is 4.74 Å². The number of rotatable bonds is 3. The summed E-state index contributed by atoms with van der Waals surface area (Å²) in [6, 6.07) is 4.03. The number of ether oxygens (including phenoxy) is 2. The standard InChI is InChI=1S/C12H9ClFNO3S/c1-17-8-4-3-6(14)5-7(8)11-15-10(13)9(19-11)12(16)18-2/h3-5H,1-2H3. The highest BCUT2D eigenvalue weighted by molar-refractivity contribution is 7.17. The molecule has 0 N–H and O–H groups in total. The van der Waals surface area contributed by atoms with Crippen molar-refractivity contribution in [1.29, 1.82) is 0 Å². The molecule has 0 fully saturated rings. The summed E-state index contributed by atoms with van der Waals surface area (Å²) in [5, 5.41) is 0.417. The summed E-state index contributed by atoms with van der Waals surface area (Å²) in [5.74, 6) is -0.561. The van der Waals surface area contributed by atoms with Crippen LogP contribution in [-0.4, -0.2) is 25.2 Å². The molecule has 0 amide bonds. The Hall–Kier alpha value is -1.66. The summed E-state index contributed by atoms with van der Waals surface area (Å²) in [7, 11) is 2.72. The Morgan fingerprint density at radius 2 is 2.16 bits per heavy atom. The number of carbonyl (C=O) groups excluding carboxylic acids is 1. The molecule has 7 heteroatoms. The molecule has 0 saturated carbocycles. The van der Waals surface area contributed by atoms with Crippen LogP contribution in [0.1, 0.15) is 9.67 Å². The molecule has 100 valence electrons. The van der Waals surface area contributed by atoms with Crippen molar-refractivity contribution in [3.63, 3.8) is 0 Å². The first-order chi connectivity index (χ1) is 9.06. The number of methoxy groups -OCH3 is 2. The maximum Gasteiger partial charge on any atom is 0.351 e. The van der Waals surface area contributed by atoms with Gasteiger partial charge in [-0.2, -0.15) is 0 Å². The van der Waals surface area contributed by atoms with Crippen LogP contribution in [0.3, 0.4) is 0 Å². The second-order valence-corrected chi connectivity index (χ2v) is 4.83. The third-order valence-corrected chi connectivity index (χ3v) is 3.80. The topological polar surface area (TPSA) is 48.4 Å².